The summed E-state index contributed by atoms with van der Waals surface area (Å²) >= 11 is 3.58. The summed E-state index contributed by atoms with van der Waals surface area (Å²) in [4.78, 5) is 3.64. The zero-order chi connectivity index (χ0) is 18.1. The quantitative estimate of drug-likeness (QED) is 0.293. The Kier molecular flexibility index (Phi) is 4.52. The van der Waals surface area contributed by atoms with Gasteiger partial charge in [0.15, 0.2) is 0 Å². The molecule has 5 rings (SSSR count). The molecule has 1 heterocycles. The third kappa shape index (κ3) is 2.81. The number of H-pyrrole nitrogens is 1. The van der Waals surface area contributed by atoms with Crippen molar-refractivity contribution < 1.29 is 0 Å². The molecular weight excluding hydrogens is 382 g/mol. The summed E-state index contributed by atoms with van der Waals surface area (Å²) in [5, 5.41) is 5.09. The summed E-state index contributed by atoms with van der Waals surface area (Å²) in [5.41, 5.74) is 4.83. The standard InChI is InChI=1S/C22H14BrN.C2H6/c23-17-8-3-7-16(11-17)18-9-4-10-19-20-12-14-5-1-2-6-15(14)13-21(20)24-22(18)19;1-2/h1-13,24H;1-2H3. The molecule has 0 aliphatic heterocycles. The first kappa shape index (κ1) is 16.9. The number of nitrogens with one attached hydrogen (secondary N) is 1. The van der Waals surface area contributed by atoms with Crippen LogP contribution in [0.15, 0.2) is 83.3 Å². The highest BCUT2D eigenvalue weighted by molar-refractivity contribution is 9.10. The van der Waals surface area contributed by atoms with Gasteiger partial charge in [-0.1, -0.05) is 84.4 Å². The van der Waals surface area contributed by atoms with Crippen LogP contribution in [0.1, 0.15) is 13.8 Å². The van der Waals surface area contributed by atoms with Crippen molar-refractivity contribution in [1.82, 2.24) is 4.98 Å². The minimum Gasteiger partial charge on any atom is -0.354 e. The molecule has 0 bridgehead atoms. The van der Waals surface area contributed by atoms with E-state index in [1.807, 2.05) is 13.8 Å². The molecule has 128 valence electrons. The van der Waals surface area contributed by atoms with Gasteiger partial charge in [-0.2, -0.15) is 0 Å². The first-order chi connectivity index (χ1) is 12.8. The van der Waals surface area contributed by atoms with Crippen molar-refractivity contribution in [2.75, 3.05) is 0 Å². The lowest BCUT2D eigenvalue weighted by Gasteiger charge is -2.04. The highest BCUT2D eigenvalue weighted by Gasteiger charge is 2.10. The van der Waals surface area contributed by atoms with Gasteiger partial charge in [0.25, 0.3) is 0 Å². The molecule has 0 spiro atoms. The number of benzene rings is 4. The van der Waals surface area contributed by atoms with Crippen molar-refractivity contribution in [3.8, 4) is 11.1 Å². The van der Waals surface area contributed by atoms with E-state index in [-0.39, 0.29) is 0 Å². The van der Waals surface area contributed by atoms with Crippen LogP contribution in [0.5, 0.6) is 0 Å². The smallest absolute Gasteiger partial charge is 0.0544 e. The van der Waals surface area contributed by atoms with Crippen LogP contribution in [-0.4, -0.2) is 4.98 Å². The van der Waals surface area contributed by atoms with Gasteiger partial charge in [0.05, 0.1) is 5.52 Å². The molecular formula is C24H20BrN. The van der Waals surface area contributed by atoms with E-state index >= 15 is 0 Å². The fourth-order valence-corrected chi connectivity index (χ4v) is 3.91. The highest BCUT2D eigenvalue weighted by atomic mass is 79.9. The van der Waals surface area contributed by atoms with Gasteiger partial charge in [-0.25, -0.2) is 0 Å². The van der Waals surface area contributed by atoms with Crippen LogP contribution in [0.3, 0.4) is 0 Å². The molecule has 0 aliphatic rings. The monoisotopic (exact) mass is 401 g/mol. The summed E-state index contributed by atoms with van der Waals surface area (Å²) in [5.74, 6) is 0. The van der Waals surface area contributed by atoms with Crippen molar-refractivity contribution in [2.45, 2.75) is 13.8 Å². The van der Waals surface area contributed by atoms with E-state index in [0.717, 1.165) is 4.47 Å². The fraction of sp³-hybridized carbons (Fsp3) is 0.0833. The lowest BCUT2D eigenvalue weighted by Crippen LogP contribution is -1.80. The van der Waals surface area contributed by atoms with Crippen LogP contribution in [0.25, 0.3) is 43.7 Å². The highest BCUT2D eigenvalue weighted by Crippen LogP contribution is 2.35. The number of aromatic nitrogens is 1. The Bertz CT molecular complexity index is 1220. The van der Waals surface area contributed by atoms with Crippen molar-refractivity contribution >= 4 is 48.5 Å². The molecule has 0 saturated heterocycles. The van der Waals surface area contributed by atoms with Crippen molar-refractivity contribution in [3.05, 3.63) is 83.3 Å². The Balaban J connectivity index is 0.000000814. The van der Waals surface area contributed by atoms with Gasteiger partial charge < -0.3 is 4.98 Å². The Labute approximate surface area is 161 Å². The van der Waals surface area contributed by atoms with E-state index in [1.165, 1.54) is 43.7 Å². The first-order valence-electron chi connectivity index (χ1n) is 8.99. The molecule has 2 heteroatoms. The number of fused-ring (bicyclic) bond motifs is 4. The molecule has 0 fully saturated rings. The van der Waals surface area contributed by atoms with Gasteiger partial charge in [0.1, 0.15) is 0 Å². The zero-order valence-corrected chi connectivity index (χ0v) is 16.5. The van der Waals surface area contributed by atoms with Gasteiger partial charge in [-0.15, -0.1) is 0 Å². The Morgan fingerprint density at radius 1 is 0.692 bits per heavy atom. The minimum atomic E-state index is 1.10. The maximum atomic E-state index is 3.64. The van der Waals surface area contributed by atoms with Gasteiger partial charge in [0, 0.05) is 26.3 Å². The SMILES string of the molecule is Brc1cccc(-c2cccc3c2[nH]c2cc4ccccc4cc23)c1.CC. The largest absolute Gasteiger partial charge is 0.354 e. The Morgan fingerprint density at radius 2 is 1.42 bits per heavy atom. The zero-order valence-electron chi connectivity index (χ0n) is 14.9. The number of halogens is 1. The molecule has 0 saturated carbocycles. The van der Waals surface area contributed by atoms with E-state index in [9.17, 15) is 0 Å². The second-order valence-electron chi connectivity index (χ2n) is 6.11. The molecule has 0 aliphatic carbocycles. The molecule has 4 aromatic carbocycles. The van der Waals surface area contributed by atoms with E-state index in [4.69, 9.17) is 0 Å². The van der Waals surface area contributed by atoms with Crippen LogP contribution < -0.4 is 0 Å². The molecule has 1 N–H and O–H groups in total. The van der Waals surface area contributed by atoms with E-state index < -0.39 is 0 Å². The minimum absolute atomic E-state index is 1.10. The molecule has 26 heavy (non-hydrogen) atoms. The Hall–Kier alpha value is -2.58. The topological polar surface area (TPSA) is 15.8 Å². The number of rotatable bonds is 1. The van der Waals surface area contributed by atoms with E-state index in [2.05, 4.69) is 99.8 Å². The fourth-order valence-electron chi connectivity index (χ4n) is 3.51. The molecule has 1 aromatic heterocycles. The molecule has 0 unspecified atom stereocenters. The molecule has 0 amide bonds. The number of hydrogen-bond donors (Lipinski definition) is 1. The Morgan fingerprint density at radius 3 is 2.19 bits per heavy atom. The maximum Gasteiger partial charge on any atom is 0.0544 e. The normalized spacial score (nSPS) is 10.9. The maximum absolute atomic E-state index is 3.64. The predicted octanol–water partition coefficient (Wildman–Crippen LogP) is 7.93. The van der Waals surface area contributed by atoms with Crippen molar-refractivity contribution in [3.63, 3.8) is 0 Å². The van der Waals surface area contributed by atoms with Crippen LogP contribution in [0.2, 0.25) is 0 Å². The molecule has 0 radical (unpaired) electrons. The average Bonchev–Trinajstić information content (AvgIpc) is 3.05. The van der Waals surface area contributed by atoms with Gasteiger partial charge >= 0.3 is 0 Å². The molecule has 5 aromatic rings. The van der Waals surface area contributed by atoms with Crippen LogP contribution >= 0.6 is 15.9 Å². The second kappa shape index (κ2) is 6.97. The molecule has 0 atom stereocenters. The third-order valence-electron chi connectivity index (χ3n) is 4.64. The predicted molar refractivity (Wildman–Crippen MR) is 118 cm³/mol. The van der Waals surface area contributed by atoms with E-state index in [1.54, 1.807) is 0 Å². The summed E-state index contributed by atoms with van der Waals surface area (Å²) in [7, 11) is 0. The number of hydrogen-bond acceptors (Lipinski definition) is 0. The van der Waals surface area contributed by atoms with Crippen LogP contribution in [-0.2, 0) is 0 Å². The number of para-hydroxylation sites is 1. The lowest BCUT2D eigenvalue weighted by atomic mass is 10.0. The van der Waals surface area contributed by atoms with Crippen LogP contribution in [0.4, 0.5) is 0 Å². The van der Waals surface area contributed by atoms with E-state index in [0.29, 0.717) is 0 Å². The summed E-state index contributed by atoms with van der Waals surface area (Å²) in [6.45, 7) is 4.00. The first-order valence-corrected chi connectivity index (χ1v) is 9.78. The number of aromatic amines is 1. The second-order valence-corrected chi connectivity index (χ2v) is 7.02. The summed E-state index contributed by atoms with van der Waals surface area (Å²) in [6, 6.07) is 28.0. The third-order valence-corrected chi connectivity index (χ3v) is 5.13. The lowest BCUT2D eigenvalue weighted by molar-refractivity contribution is 1.50. The van der Waals surface area contributed by atoms with Crippen molar-refractivity contribution in [1.29, 1.82) is 0 Å². The summed E-state index contributed by atoms with van der Waals surface area (Å²) < 4.78 is 1.10. The van der Waals surface area contributed by atoms with Gasteiger partial charge in [0.2, 0.25) is 0 Å². The average molecular weight is 402 g/mol. The van der Waals surface area contributed by atoms with Crippen LogP contribution in [0, 0.1) is 0 Å². The van der Waals surface area contributed by atoms with Gasteiger partial charge in [-0.05, 0) is 40.6 Å². The summed E-state index contributed by atoms with van der Waals surface area (Å²) in [6.07, 6.45) is 0. The van der Waals surface area contributed by atoms with Crippen molar-refractivity contribution in [2.24, 2.45) is 0 Å². The molecule has 1 nitrogen and oxygen atoms in total. The van der Waals surface area contributed by atoms with Gasteiger partial charge in [-0.3, -0.25) is 0 Å².